The van der Waals surface area contributed by atoms with Crippen LogP contribution in [-0.4, -0.2) is 28.3 Å². The number of anilines is 2. The van der Waals surface area contributed by atoms with Gasteiger partial charge in [0.2, 0.25) is 11.3 Å². The van der Waals surface area contributed by atoms with E-state index in [-0.39, 0.29) is 23.9 Å². The van der Waals surface area contributed by atoms with Gasteiger partial charge in [-0.1, -0.05) is 18.2 Å². The summed E-state index contributed by atoms with van der Waals surface area (Å²) in [5.74, 6) is -0.286. The van der Waals surface area contributed by atoms with Crippen molar-refractivity contribution in [1.29, 1.82) is 0 Å². The Kier molecular flexibility index (Phi) is 5.81. The van der Waals surface area contributed by atoms with Crippen LogP contribution in [0.15, 0.2) is 72.2 Å². The maximum atomic E-state index is 12.4. The highest BCUT2D eigenvalue weighted by molar-refractivity contribution is 5.93. The van der Waals surface area contributed by atoms with Crippen LogP contribution in [0.2, 0.25) is 0 Å². The molecule has 2 aromatic carbocycles. The fourth-order valence-corrected chi connectivity index (χ4v) is 2.60. The third-order valence-corrected chi connectivity index (χ3v) is 3.89. The first-order valence-corrected chi connectivity index (χ1v) is 8.57. The topological polar surface area (TPSA) is 105 Å². The molecule has 1 heterocycles. The maximum absolute atomic E-state index is 12.4. The van der Waals surface area contributed by atoms with E-state index in [9.17, 15) is 14.4 Å². The summed E-state index contributed by atoms with van der Waals surface area (Å²) in [4.78, 5) is 35.8. The zero-order chi connectivity index (χ0) is 19.9. The lowest BCUT2D eigenvalue weighted by molar-refractivity contribution is -0.116. The summed E-state index contributed by atoms with van der Waals surface area (Å²) in [6.07, 6.45) is 2.78. The molecule has 3 amide bonds. The van der Waals surface area contributed by atoms with Crippen LogP contribution < -0.4 is 21.4 Å². The minimum atomic E-state index is -0.340. The molecule has 142 valence electrons. The standard InChI is InChI=1S/C20H19N5O3/c1-2-11-21-20(28)24-15-9-7-14(8-10-15)23-19(27)13-25-17-6-4-3-5-16(17)18(26)12-22-25/h2-10,12H,1,11,13H2,(H,23,27)(H2,21,24,28). The minimum Gasteiger partial charge on any atom is -0.334 e. The van der Waals surface area contributed by atoms with Crippen LogP contribution in [0.25, 0.3) is 10.9 Å². The largest absolute Gasteiger partial charge is 0.334 e. The van der Waals surface area contributed by atoms with Crippen molar-refractivity contribution in [2.45, 2.75) is 6.54 Å². The van der Waals surface area contributed by atoms with Gasteiger partial charge in [0.1, 0.15) is 6.54 Å². The summed E-state index contributed by atoms with van der Waals surface area (Å²) < 4.78 is 1.48. The van der Waals surface area contributed by atoms with Gasteiger partial charge in [-0.3, -0.25) is 14.3 Å². The van der Waals surface area contributed by atoms with Gasteiger partial charge in [-0.25, -0.2) is 4.79 Å². The van der Waals surface area contributed by atoms with Crippen molar-refractivity contribution in [3.05, 3.63) is 77.6 Å². The number of nitrogens with zero attached hydrogens (tertiary/aromatic N) is 2. The van der Waals surface area contributed by atoms with E-state index in [4.69, 9.17) is 0 Å². The molecular weight excluding hydrogens is 358 g/mol. The molecular formula is C20H19N5O3. The number of hydrogen-bond acceptors (Lipinski definition) is 4. The number of amides is 3. The Morgan fingerprint density at radius 2 is 1.71 bits per heavy atom. The second-order valence-electron chi connectivity index (χ2n) is 5.93. The van der Waals surface area contributed by atoms with Crippen LogP contribution in [0.5, 0.6) is 0 Å². The number of rotatable bonds is 6. The molecule has 3 N–H and O–H groups in total. The van der Waals surface area contributed by atoms with Crippen molar-refractivity contribution in [3.8, 4) is 0 Å². The van der Waals surface area contributed by atoms with Crippen molar-refractivity contribution in [1.82, 2.24) is 15.1 Å². The molecule has 1 aromatic heterocycles. The van der Waals surface area contributed by atoms with Crippen LogP contribution in [0, 0.1) is 0 Å². The van der Waals surface area contributed by atoms with Gasteiger partial charge in [0.25, 0.3) is 0 Å². The average Bonchev–Trinajstić information content (AvgIpc) is 2.70. The van der Waals surface area contributed by atoms with Gasteiger partial charge in [0.05, 0.1) is 11.7 Å². The van der Waals surface area contributed by atoms with Crippen molar-refractivity contribution in [2.75, 3.05) is 17.2 Å². The number of benzene rings is 2. The van der Waals surface area contributed by atoms with Gasteiger partial charge in [-0.15, -0.1) is 6.58 Å². The monoisotopic (exact) mass is 377 g/mol. The molecule has 3 rings (SSSR count). The lowest BCUT2D eigenvalue weighted by Crippen LogP contribution is -2.28. The van der Waals surface area contributed by atoms with Crippen LogP contribution in [0.4, 0.5) is 16.2 Å². The molecule has 0 saturated heterocycles. The van der Waals surface area contributed by atoms with E-state index in [2.05, 4.69) is 27.6 Å². The molecule has 0 radical (unpaired) electrons. The number of hydrogen-bond donors (Lipinski definition) is 3. The number of carbonyl (C=O) groups is 2. The van der Waals surface area contributed by atoms with Gasteiger partial charge >= 0.3 is 6.03 Å². The quantitative estimate of drug-likeness (QED) is 0.574. The second-order valence-corrected chi connectivity index (χ2v) is 5.93. The molecule has 28 heavy (non-hydrogen) atoms. The Morgan fingerprint density at radius 1 is 1.04 bits per heavy atom. The van der Waals surface area contributed by atoms with E-state index >= 15 is 0 Å². The third kappa shape index (κ3) is 4.61. The van der Waals surface area contributed by atoms with Crippen molar-refractivity contribution < 1.29 is 9.59 Å². The number of nitrogens with one attached hydrogen (secondary N) is 3. The Balaban J connectivity index is 1.64. The summed E-state index contributed by atoms with van der Waals surface area (Å²) in [6.45, 7) is 3.86. The highest BCUT2D eigenvalue weighted by Gasteiger charge is 2.08. The molecule has 0 saturated carbocycles. The van der Waals surface area contributed by atoms with Crippen LogP contribution in [0.3, 0.4) is 0 Å². The second kappa shape index (κ2) is 8.63. The molecule has 0 unspecified atom stereocenters. The summed E-state index contributed by atoms with van der Waals surface area (Å²) in [7, 11) is 0. The Hall–Kier alpha value is -3.94. The zero-order valence-corrected chi connectivity index (χ0v) is 15.0. The number of para-hydroxylation sites is 1. The molecule has 3 aromatic rings. The van der Waals surface area contributed by atoms with Gasteiger partial charge in [0, 0.05) is 23.3 Å². The summed E-state index contributed by atoms with van der Waals surface area (Å²) in [5.41, 5.74) is 1.57. The number of fused-ring (bicyclic) bond motifs is 1. The predicted molar refractivity (Wildman–Crippen MR) is 108 cm³/mol. The van der Waals surface area contributed by atoms with E-state index in [0.29, 0.717) is 28.8 Å². The zero-order valence-electron chi connectivity index (χ0n) is 15.0. The normalized spacial score (nSPS) is 10.3. The summed E-state index contributed by atoms with van der Waals surface area (Å²) >= 11 is 0. The number of aromatic nitrogens is 2. The fraction of sp³-hybridized carbons (Fsp3) is 0.100. The molecule has 0 aliphatic carbocycles. The first-order valence-electron chi connectivity index (χ1n) is 8.57. The van der Waals surface area contributed by atoms with E-state index in [0.717, 1.165) is 0 Å². The lowest BCUT2D eigenvalue weighted by atomic mass is 10.2. The highest BCUT2D eigenvalue weighted by atomic mass is 16.2. The van der Waals surface area contributed by atoms with E-state index < -0.39 is 0 Å². The Labute approximate surface area is 160 Å². The molecule has 0 spiro atoms. The molecule has 8 heteroatoms. The van der Waals surface area contributed by atoms with Crippen molar-refractivity contribution >= 4 is 34.2 Å². The van der Waals surface area contributed by atoms with Crippen LogP contribution in [0.1, 0.15) is 0 Å². The molecule has 0 atom stereocenters. The van der Waals surface area contributed by atoms with Gasteiger partial charge in [-0.05, 0) is 36.4 Å². The van der Waals surface area contributed by atoms with Crippen LogP contribution >= 0.6 is 0 Å². The number of urea groups is 1. The number of carbonyl (C=O) groups excluding carboxylic acids is 2. The molecule has 0 aliphatic rings. The third-order valence-electron chi connectivity index (χ3n) is 3.89. The molecule has 8 nitrogen and oxygen atoms in total. The summed E-state index contributed by atoms with van der Waals surface area (Å²) in [6, 6.07) is 13.4. The average molecular weight is 377 g/mol. The van der Waals surface area contributed by atoms with Crippen molar-refractivity contribution in [3.63, 3.8) is 0 Å². The fourth-order valence-electron chi connectivity index (χ4n) is 2.60. The SMILES string of the molecule is C=CCNC(=O)Nc1ccc(NC(=O)Cn2ncc(=O)c3ccccc32)cc1. The Morgan fingerprint density at radius 3 is 2.43 bits per heavy atom. The first-order chi connectivity index (χ1) is 13.6. The smallest absolute Gasteiger partial charge is 0.319 e. The van der Waals surface area contributed by atoms with E-state index in [1.54, 1.807) is 54.6 Å². The van der Waals surface area contributed by atoms with Crippen molar-refractivity contribution in [2.24, 2.45) is 0 Å². The van der Waals surface area contributed by atoms with Gasteiger partial charge in [0.15, 0.2) is 0 Å². The Bertz CT molecular complexity index is 1070. The first kappa shape index (κ1) is 18.8. The van der Waals surface area contributed by atoms with Gasteiger partial charge < -0.3 is 16.0 Å². The molecule has 0 aliphatic heterocycles. The van der Waals surface area contributed by atoms with E-state index in [1.165, 1.54) is 10.9 Å². The van der Waals surface area contributed by atoms with E-state index in [1.807, 2.05) is 0 Å². The maximum Gasteiger partial charge on any atom is 0.319 e. The minimum absolute atomic E-state index is 0.0370. The lowest BCUT2D eigenvalue weighted by Gasteiger charge is -2.10. The molecule has 0 fully saturated rings. The highest BCUT2D eigenvalue weighted by Crippen LogP contribution is 2.14. The van der Waals surface area contributed by atoms with Gasteiger partial charge in [-0.2, -0.15) is 5.10 Å². The molecule has 0 bridgehead atoms. The predicted octanol–water partition coefficient (Wildman–Crippen LogP) is 2.34. The van der Waals surface area contributed by atoms with Crippen LogP contribution in [-0.2, 0) is 11.3 Å². The summed E-state index contributed by atoms with van der Waals surface area (Å²) in [5, 5.41) is 12.6.